The zero-order valence-corrected chi connectivity index (χ0v) is 13.0. The van der Waals surface area contributed by atoms with E-state index in [-0.39, 0.29) is 28.6 Å². The van der Waals surface area contributed by atoms with Crippen LogP contribution in [0.2, 0.25) is 0 Å². The Morgan fingerprint density at radius 3 is 2.95 bits per heavy atom. The topological polar surface area (TPSA) is 21.3 Å². The van der Waals surface area contributed by atoms with E-state index in [9.17, 15) is 8.78 Å². The predicted octanol–water partition coefficient (Wildman–Crippen LogP) is 2.99. The molecule has 1 saturated heterocycles. The Morgan fingerprint density at radius 1 is 1.53 bits per heavy atom. The summed E-state index contributed by atoms with van der Waals surface area (Å²) < 4.78 is 33.7. The van der Waals surface area contributed by atoms with E-state index in [0.717, 1.165) is 11.5 Å². The fraction of sp³-hybridized carbons (Fsp3) is 0.538. The molecule has 6 heteroatoms. The predicted molar refractivity (Wildman–Crippen MR) is 77.7 cm³/mol. The third kappa shape index (κ3) is 3.68. The molecular formula is C13H16BrF2NOS. The van der Waals surface area contributed by atoms with Gasteiger partial charge in [-0.2, -0.15) is 11.8 Å². The quantitative estimate of drug-likeness (QED) is 0.842. The summed E-state index contributed by atoms with van der Waals surface area (Å²) in [6, 6.07) is 2.58. The van der Waals surface area contributed by atoms with Gasteiger partial charge in [-0.3, -0.25) is 0 Å². The van der Waals surface area contributed by atoms with Crippen LogP contribution >= 0.6 is 27.7 Å². The number of rotatable bonds is 4. The maximum absolute atomic E-state index is 14.0. The summed E-state index contributed by atoms with van der Waals surface area (Å²) in [6.45, 7) is 0.691. The third-order valence-corrected chi connectivity index (χ3v) is 4.86. The average Bonchev–Trinajstić information content (AvgIpc) is 2.44. The van der Waals surface area contributed by atoms with Crippen molar-refractivity contribution in [3.05, 3.63) is 33.8 Å². The van der Waals surface area contributed by atoms with E-state index in [1.54, 1.807) is 7.05 Å². The van der Waals surface area contributed by atoms with E-state index in [1.165, 1.54) is 12.1 Å². The lowest BCUT2D eigenvalue weighted by Gasteiger charge is -2.30. The number of benzene rings is 1. The molecule has 2 atom stereocenters. The summed E-state index contributed by atoms with van der Waals surface area (Å²) in [5.41, 5.74) is 0.105. The molecule has 0 bridgehead atoms. The minimum absolute atomic E-state index is 0.0125. The van der Waals surface area contributed by atoms with Gasteiger partial charge in [-0.15, -0.1) is 0 Å². The summed E-state index contributed by atoms with van der Waals surface area (Å²) in [5.74, 6) is 0.795. The van der Waals surface area contributed by atoms with Crippen LogP contribution in [0.4, 0.5) is 8.78 Å². The molecule has 0 radical (unpaired) electrons. The van der Waals surface area contributed by atoms with Crippen molar-refractivity contribution in [3.8, 4) is 0 Å². The largest absolute Gasteiger partial charge is 0.375 e. The van der Waals surface area contributed by atoms with Crippen LogP contribution in [0.5, 0.6) is 0 Å². The SMILES string of the molecule is CNC(Cc1c(F)ccc(Br)c1F)C1CSCCO1. The zero-order valence-electron chi connectivity index (χ0n) is 10.6. The molecule has 2 unspecified atom stereocenters. The van der Waals surface area contributed by atoms with Crippen LogP contribution in [0.15, 0.2) is 16.6 Å². The maximum Gasteiger partial charge on any atom is 0.143 e. The monoisotopic (exact) mass is 351 g/mol. The summed E-state index contributed by atoms with van der Waals surface area (Å²) >= 11 is 4.90. The highest BCUT2D eigenvalue weighted by atomic mass is 79.9. The molecule has 1 aliphatic heterocycles. The molecule has 1 heterocycles. The molecule has 1 aromatic rings. The highest BCUT2D eigenvalue weighted by Gasteiger charge is 2.26. The Kier molecular flexibility index (Phi) is 5.62. The van der Waals surface area contributed by atoms with Crippen LogP contribution in [-0.2, 0) is 11.2 Å². The maximum atomic E-state index is 14.0. The zero-order chi connectivity index (χ0) is 13.8. The molecule has 1 N–H and O–H groups in total. The smallest absolute Gasteiger partial charge is 0.143 e. The molecule has 0 aliphatic carbocycles. The van der Waals surface area contributed by atoms with Crippen molar-refractivity contribution in [3.63, 3.8) is 0 Å². The average molecular weight is 352 g/mol. The van der Waals surface area contributed by atoms with Crippen LogP contribution in [-0.4, -0.2) is 37.3 Å². The van der Waals surface area contributed by atoms with Crippen LogP contribution in [0.3, 0.4) is 0 Å². The van der Waals surface area contributed by atoms with E-state index in [0.29, 0.717) is 6.61 Å². The lowest BCUT2D eigenvalue weighted by molar-refractivity contribution is 0.0488. The highest BCUT2D eigenvalue weighted by molar-refractivity contribution is 9.10. The van der Waals surface area contributed by atoms with Gasteiger partial charge in [-0.05, 0) is 41.5 Å². The van der Waals surface area contributed by atoms with Crippen molar-refractivity contribution in [2.45, 2.75) is 18.6 Å². The molecule has 1 aromatic carbocycles. The second-order valence-electron chi connectivity index (χ2n) is 4.41. The van der Waals surface area contributed by atoms with E-state index in [1.807, 2.05) is 11.8 Å². The minimum Gasteiger partial charge on any atom is -0.375 e. The van der Waals surface area contributed by atoms with Gasteiger partial charge >= 0.3 is 0 Å². The molecule has 0 spiro atoms. The van der Waals surface area contributed by atoms with E-state index < -0.39 is 11.6 Å². The second kappa shape index (κ2) is 7.02. The van der Waals surface area contributed by atoms with Crippen LogP contribution in [0.1, 0.15) is 5.56 Å². The molecule has 19 heavy (non-hydrogen) atoms. The summed E-state index contributed by atoms with van der Waals surface area (Å²) in [7, 11) is 1.79. The molecule has 2 rings (SSSR count). The first-order valence-electron chi connectivity index (χ1n) is 6.12. The van der Waals surface area contributed by atoms with Crippen molar-refractivity contribution >= 4 is 27.7 Å². The summed E-state index contributed by atoms with van der Waals surface area (Å²) in [5, 5.41) is 3.11. The number of ether oxygens (including phenoxy) is 1. The van der Waals surface area contributed by atoms with Crippen molar-refractivity contribution in [1.29, 1.82) is 0 Å². The first kappa shape index (κ1) is 15.2. The van der Waals surface area contributed by atoms with Gasteiger partial charge in [0.2, 0.25) is 0 Å². The molecular weight excluding hydrogens is 336 g/mol. The van der Waals surface area contributed by atoms with Gasteiger partial charge in [0.25, 0.3) is 0 Å². The lowest BCUT2D eigenvalue weighted by Crippen LogP contribution is -2.44. The van der Waals surface area contributed by atoms with E-state index >= 15 is 0 Å². The number of likely N-dealkylation sites (N-methyl/N-ethyl adjacent to an activating group) is 1. The van der Waals surface area contributed by atoms with Crippen LogP contribution < -0.4 is 5.32 Å². The summed E-state index contributed by atoms with van der Waals surface area (Å²) in [4.78, 5) is 0. The lowest BCUT2D eigenvalue weighted by atomic mass is 10.0. The Morgan fingerprint density at radius 2 is 2.32 bits per heavy atom. The van der Waals surface area contributed by atoms with Gasteiger partial charge in [0.15, 0.2) is 0 Å². The Balaban J connectivity index is 2.15. The Bertz CT molecular complexity index is 441. The molecule has 0 amide bonds. The molecule has 0 saturated carbocycles. The summed E-state index contributed by atoms with van der Waals surface area (Å²) in [6.07, 6.45) is 0.264. The molecule has 1 fully saturated rings. The van der Waals surface area contributed by atoms with Gasteiger partial charge in [-0.1, -0.05) is 0 Å². The van der Waals surface area contributed by atoms with E-state index in [2.05, 4.69) is 21.2 Å². The first-order valence-corrected chi connectivity index (χ1v) is 8.07. The molecule has 0 aromatic heterocycles. The number of hydrogen-bond acceptors (Lipinski definition) is 3. The minimum atomic E-state index is -0.524. The third-order valence-electron chi connectivity index (χ3n) is 3.22. The van der Waals surface area contributed by atoms with Gasteiger partial charge in [-0.25, -0.2) is 8.78 Å². The van der Waals surface area contributed by atoms with Gasteiger partial charge < -0.3 is 10.1 Å². The van der Waals surface area contributed by atoms with Crippen LogP contribution in [0, 0.1) is 11.6 Å². The molecule has 2 nitrogen and oxygen atoms in total. The van der Waals surface area contributed by atoms with E-state index in [4.69, 9.17) is 4.74 Å². The van der Waals surface area contributed by atoms with Crippen molar-refractivity contribution in [2.24, 2.45) is 0 Å². The van der Waals surface area contributed by atoms with Gasteiger partial charge in [0.05, 0.1) is 17.2 Å². The van der Waals surface area contributed by atoms with Gasteiger partial charge in [0, 0.05) is 23.1 Å². The van der Waals surface area contributed by atoms with Crippen molar-refractivity contribution < 1.29 is 13.5 Å². The van der Waals surface area contributed by atoms with Gasteiger partial charge in [0.1, 0.15) is 11.6 Å². The number of thioether (sulfide) groups is 1. The number of hydrogen-bond donors (Lipinski definition) is 1. The van der Waals surface area contributed by atoms with Crippen LogP contribution in [0.25, 0.3) is 0 Å². The van der Waals surface area contributed by atoms with Crippen molar-refractivity contribution in [2.75, 3.05) is 25.2 Å². The fourth-order valence-electron chi connectivity index (χ4n) is 2.13. The molecule has 106 valence electrons. The number of nitrogens with one attached hydrogen (secondary N) is 1. The number of halogens is 3. The standard InChI is InChI=1S/C13H16BrF2NOS/c1-17-11(12-7-19-5-4-18-12)6-8-10(15)3-2-9(14)13(8)16/h2-3,11-12,17H,4-7H2,1H3. The Hall–Kier alpha value is -0.170. The first-order chi connectivity index (χ1) is 9.13. The Labute approximate surface area is 124 Å². The second-order valence-corrected chi connectivity index (χ2v) is 6.41. The molecule has 1 aliphatic rings. The fourth-order valence-corrected chi connectivity index (χ4v) is 3.45. The highest BCUT2D eigenvalue weighted by Crippen LogP contribution is 2.25. The van der Waals surface area contributed by atoms with Crippen molar-refractivity contribution in [1.82, 2.24) is 5.32 Å². The normalized spacial score (nSPS) is 21.4.